The quantitative estimate of drug-likeness (QED) is 0.444. The number of aromatic nitrogens is 5. The van der Waals surface area contributed by atoms with Gasteiger partial charge in [0.1, 0.15) is 10.8 Å². The molecule has 0 atom stereocenters. The number of anilines is 1. The third-order valence-corrected chi connectivity index (χ3v) is 6.38. The number of carbonyl (C=O) groups is 1. The van der Waals surface area contributed by atoms with Crippen molar-refractivity contribution >= 4 is 34.7 Å². The van der Waals surface area contributed by atoms with E-state index in [-0.39, 0.29) is 5.91 Å². The second kappa shape index (κ2) is 8.24. The van der Waals surface area contributed by atoms with Crippen molar-refractivity contribution in [2.45, 2.75) is 43.1 Å². The zero-order valence-corrected chi connectivity index (χ0v) is 17.1. The van der Waals surface area contributed by atoms with Gasteiger partial charge in [-0.1, -0.05) is 46.9 Å². The van der Waals surface area contributed by atoms with E-state index in [1.165, 1.54) is 24.2 Å². The maximum Gasteiger partial charge on any atom is 0.286 e. The van der Waals surface area contributed by atoms with E-state index in [1.807, 2.05) is 37.3 Å². The summed E-state index contributed by atoms with van der Waals surface area (Å²) in [4.78, 5) is 12.4. The number of thioether (sulfide) groups is 1. The lowest BCUT2D eigenvalue weighted by Gasteiger charge is -2.05. The van der Waals surface area contributed by atoms with E-state index in [0.29, 0.717) is 23.2 Å². The highest BCUT2D eigenvalue weighted by molar-refractivity contribution is 7.98. The van der Waals surface area contributed by atoms with E-state index in [1.54, 1.807) is 11.8 Å². The van der Waals surface area contributed by atoms with Crippen LogP contribution in [0.2, 0.25) is 0 Å². The van der Waals surface area contributed by atoms with Gasteiger partial charge in [0.25, 0.3) is 5.91 Å². The number of amides is 1. The lowest BCUT2D eigenvalue weighted by Crippen LogP contribution is -2.11. The Kier molecular flexibility index (Phi) is 5.54. The zero-order chi connectivity index (χ0) is 19.5. The van der Waals surface area contributed by atoms with Crippen molar-refractivity contribution < 1.29 is 4.79 Å². The smallest absolute Gasteiger partial charge is 0.286 e. The molecule has 1 aromatic carbocycles. The van der Waals surface area contributed by atoms with Crippen LogP contribution in [0.5, 0.6) is 0 Å². The zero-order valence-electron chi connectivity index (χ0n) is 15.5. The maximum absolute atomic E-state index is 12.4. The monoisotopic (exact) mass is 412 g/mol. The molecule has 1 aliphatic rings. The van der Waals surface area contributed by atoms with E-state index in [9.17, 15) is 4.79 Å². The van der Waals surface area contributed by atoms with Crippen LogP contribution >= 0.6 is 23.1 Å². The first-order chi connectivity index (χ1) is 13.6. The molecule has 1 aliphatic carbocycles. The molecule has 0 aliphatic heterocycles. The average Bonchev–Trinajstić information content (AvgIpc) is 3.28. The first-order valence-electron chi connectivity index (χ1n) is 9.01. The van der Waals surface area contributed by atoms with Gasteiger partial charge in [0.2, 0.25) is 5.01 Å². The minimum absolute atomic E-state index is 0.247. The molecule has 0 unspecified atom stereocenters. The maximum atomic E-state index is 12.4. The minimum atomic E-state index is -0.247. The van der Waals surface area contributed by atoms with Gasteiger partial charge in [0, 0.05) is 18.2 Å². The van der Waals surface area contributed by atoms with Gasteiger partial charge < -0.3 is 9.88 Å². The summed E-state index contributed by atoms with van der Waals surface area (Å²) in [6, 6.07) is 7.64. The average molecular weight is 413 g/mol. The van der Waals surface area contributed by atoms with Crippen LogP contribution in [-0.2, 0) is 12.3 Å². The molecule has 0 radical (unpaired) electrons. The normalized spacial score (nSPS) is 13.5. The molecular weight excluding hydrogens is 392 g/mol. The Morgan fingerprint density at radius 2 is 2.07 bits per heavy atom. The highest BCUT2D eigenvalue weighted by Gasteiger charge is 2.30. The van der Waals surface area contributed by atoms with Crippen LogP contribution in [0.3, 0.4) is 0 Å². The molecule has 0 spiro atoms. The number of aryl methyl sites for hydroxylation is 1. The Labute approximate surface area is 171 Å². The molecule has 9 heteroatoms. The number of allylic oxidation sites excluding steroid dienone is 1. The minimum Gasteiger partial charge on any atom is -0.320 e. The summed E-state index contributed by atoms with van der Waals surface area (Å²) in [6.45, 7) is 6.53. The summed E-state index contributed by atoms with van der Waals surface area (Å²) < 4.78 is 2.11. The Morgan fingerprint density at radius 3 is 2.79 bits per heavy atom. The van der Waals surface area contributed by atoms with Gasteiger partial charge >= 0.3 is 0 Å². The van der Waals surface area contributed by atoms with E-state index in [4.69, 9.17) is 0 Å². The molecule has 0 bridgehead atoms. The van der Waals surface area contributed by atoms with Crippen molar-refractivity contribution in [3.63, 3.8) is 0 Å². The molecule has 1 fully saturated rings. The van der Waals surface area contributed by atoms with Gasteiger partial charge in [-0.2, -0.15) is 0 Å². The van der Waals surface area contributed by atoms with Crippen LogP contribution in [-0.4, -0.2) is 30.9 Å². The molecule has 1 amide bonds. The van der Waals surface area contributed by atoms with Crippen molar-refractivity contribution in [2.24, 2.45) is 0 Å². The number of hydrogen-bond acceptors (Lipinski definition) is 7. The predicted molar refractivity (Wildman–Crippen MR) is 111 cm³/mol. The standard InChI is InChI=1S/C19H20N6OS2/c1-3-10-25-16(13-6-7-13)22-24-19(25)27-11-15-21-23-18(28-15)17(26)20-14-8-4-12(2)5-9-14/h3-5,8-9,13H,1,6-7,10-11H2,2H3,(H,20,26). The second-order valence-corrected chi connectivity index (χ2v) is 8.63. The molecule has 3 aromatic rings. The topological polar surface area (TPSA) is 85.6 Å². The Hall–Kier alpha value is -2.52. The number of nitrogens with zero attached hydrogens (tertiary/aromatic N) is 5. The van der Waals surface area contributed by atoms with Gasteiger partial charge in [0.05, 0.1) is 5.75 Å². The molecule has 144 valence electrons. The van der Waals surface area contributed by atoms with Crippen LogP contribution in [0.4, 0.5) is 5.69 Å². The van der Waals surface area contributed by atoms with Crippen molar-refractivity contribution in [3.8, 4) is 0 Å². The van der Waals surface area contributed by atoms with E-state index in [0.717, 1.165) is 27.2 Å². The Morgan fingerprint density at radius 1 is 1.29 bits per heavy atom. The first-order valence-corrected chi connectivity index (χ1v) is 10.8. The van der Waals surface area contributed by atoms with Crippen molar-refractivity contribution in [1.29, 1.82) is 0 Å². The molecule has 2 heterocycles. The number of rotatable bonds is 8. The molecule has 28 heavy (non-hydrogen) atoms. The number of nitrogens with one attached hydrogen (secondary N) is 1. The summed E-state index contributed by atoms with van der Waals surface area (Å²) in [6.07, 6.45) is 4.21. The van der Waals surface area contributed by atoms with Gasteiger partial charge in [-0.25, -0.2) is 0 Å². The summed E-state index contributed by atoms with van der Waals surface area (Å²) >= 11 is 2.85. The SMILES string of the molecule is C=CCn1c(SCc2nnc(C(=O)Nc3ccc(C)cc3)s2)nnc1C1CC1. The number of benzene rings is 1. The summed E-state index contributed by atoms with van der Waals surface area (Å²) in [5.41, 5.74) is 1.88. The van der Waals surface area contributed by atoms with Crippen molar-refractivity contribution in [2.75, 3.05) is 5.32 Å². The van der Waals surface area contributed by atoms with Crippen LogP contribution in [0.15, 0.2) is 42.1 Å². The molecular formula is C19H20N6OS2. The van der Waals surface area contributed by atoms with Gasteiger partial charge in [-0.15, -0.1) is 27.0 Å². The van der Waals surface area contributed by atoms with Crippen molar-refractivity contribution in [1.82, 2.24) is 25.0 Å². The fraction of sp³-hybridized carbons (Fsp3) is 0.316. The lowest BCUT2D eigenvalue weighted by atomic mass is 10.2. The fourth-order valence-corrected chi connectivity index (χ4v) is 4.38. The van der Waals surface area contributed by atoms with Crippen LogP contribution in [0, 0.1) is 6.92 Å². The van der Waals surface area contributed by atoms with Crippen LogP contribution < -0.4 is 5.32 Å². The third-order valence-electron chi connectivity index (χ3n) is 4.29. The van der Waals surface area contributed by atoms with Gasteiger partial charge in [-0.05, 0) is 31.9 Å². The summed E-state index contributed by atoms with van der Waals surface area (Å²) in [7, 11) is 0. The number of carbonyl (C=O) groups excluding carboxylic acids is 1. The van der Waals surface area contributed by atoms with Crippen molar-refractivity contribution in [3.05, 3.63) is 58.3 Å². The van der Waals surface area contributed by atoms with E-state index < -0.39 is 0 Å². The molecule has 4 rings (SSSR count). The predicted octanol–water partition coefficient (Wildman–Crippen LogP) is 4.05. The Bertz CT molecular complexity index is 990. The number of hydrogen-bond donors (Lipinski definition) is 1. The van der Waals surface area contributed by atoms with E-state index >= 15 is 0 Å². The third kappa shape index (κ3) is 4.31. The molecule has 1 N–H and O–H groups in total. The molecule has 1 saturated carbocycles. The highest BCUT2D eigenvalue weighted by Crippen LogP contribution is 2.40. The molecule has 0 saturated heterocycles. The largest absolute Gasteiger partial charge is 0.320 e. The lowest BCUT2D eigenvalue weighted by molar-refractivity contribution is 0.102. The van der Waals surface area contributed by atoms with Crippen LogP contribution in [0.1, 0.15) is 45.0 Å². The summed E-state index contributed by atoms with van der Waals surface area (Å²) in [5.74, 6) is 1.91. The van der Waals surface area contributed by atoms with Gasteiger partial charge in [-0.3, -0.25) is 4.79 Å². The molecule has 7 nitrogen and oxygen atoms in total. The van der Waals surface area contributed by atoms with Gasteiger partial charge in [0.15, 0.2) is 5.16 Å². The van der Waals surface area contributed by atoms with Crippen LogP contribution in [0.25, 0.3) is 0 Å². The highest BCUT2D eigenvalue weighted by atomic mass is 32.2. The Balaban J connectivity index is 1.39. The summed E-state index contributed by atoms with van der Waals surface area (Å²) in [5, 5.41) is 21.7. The molecule has 2 aromatic heterocycles. The second-order valence-electron chi connectivity index (χ2n) is 6.62. The van der Waals surface area contributed by atoms with E-state index in [2.05, 4.69) is 36.9 Å². The fourth-order valence-electron chi connectivity index (χ4n) is 2.70. The first kappa shape index (κ1) is 18.8.